The van der Waals surface area contributed by atoms with Crippen molar-refractivity contribution in [3.05, 3.63) is 12.2 Å². The van der Waals surface area contributed by atoms with Crippen LogP contribution < -0.4 is 11.1 Å². The number of ether oxygens (including phenoxy) is 3. The molecule has 5 N–H and O–H groups in total. The number of anilines is 1. The molecule has 1 aliphatic carbocycles. The summed E-state index contributed by atoms with van der Waals surface area (Å²) < 4.78 is 18.1. The Balaban J connectivity index is 1.12. The summed E-state index contributed by atoms with van der Waals surface area (Å²) >= 11 is 0. The van der Waals surface area contributed by atoms with Crippen LogP contribution in [0.4, 0.5) is 10.6 Å². The average molecular weight is 532 g/mol. The maximum Gasteiger partial charge on any atom is 0.410 e. The van der Waals surface area contributed by atoms with Crippen molar-refractivity contribution in [3.63, 3.8) is 0 Å². The van der Waals surface area contributed by atoms with Gasteiger partial charge in [0.25, 0.3) is 5.91 Å². The van der Waals surface area contributed by atoms with Gasteiger partial charge in [0.05, 0.1) is 19.5 Å². The Kier molecular flexibility index (Phi) is 6.80. The molecule has 0 spiro atoms. The standard InChI is InChI=1S/C24H33N7O7/c25-20-16-21(31(11-26-16)23-18(33)17(32)19(38-23)22(34)27-13-1-2-13)29-15(28-20)9-12-3-6-30(7-4-12)24(35)37-14-5-8-36-10-14/h11-14,17-19,23,32-33H,1-10H2,(H,27,34)(H2,25,28,29)/t14?,17?,18?,19-,23+/m0/s1. The average Bonchev–Trinajstić information content (AvgIpc) is 3.25. The second kappa shape index (κ2) is 10.2. The van der Waals surface area contributed by atoms with Crippen LogP contribution in [0.5, 0.6) is 0 Å². The monoisotopic (exact) mass is 531 g/mol. The molecular formula is C24H33N7O7. The number of nitrogens with two attached hydrogens (primary N) is 1. The van der Waals surface area contributed by atoms with Crippen LogP contribution in [0.1, 0.15) is 44.2 Å². The highest BCUT2D eigenvalue weighted by atomic mass is 16.6. The summed E-state index contributed by atoms with van der Waals surface area (Å²) in [5, 5.41) is 24.0. The molecular weight excluding hydrogens is 498 g/mol. The third kappa shape index (κ3) is 5.00. The van der Waals surface area contributed by atoms with Gasteiger partial charge in [0.15, 0.2) is 23.8 Å². The van der Waals surface area contributed by atoms with Crippen molar-refractivity contribution in [2.24, 2.45) is 5.92 Å². The zero-order valence-electron chi connectivity index (χ0n) is 20.9. The number of carbonyl (C=O) groups is 2. The highest BCUT2D eigenvalue weighted by Crippen LogP contribution is 2.33. The Morgan fingerprint density at radius 1 is 1.13 bits per heavy atom. The maximum atomic E-state index is 12.5. The van der Waals surface area contributed by atoms with Gasteiger partial charge in [-0.15, -0.1) is 0 Å². The van der Waals surface area contributed by atoms with Crippen LogP contribution in [0.15, 0.2) is 6.33 Å². The predicted molar refractivity (Wildman–Crippen MR) is 131 cm³/mol. The first-order chi connectivity index (χ1) is 18.4. The lowest BCUT2D eigenvalue weighted by Gasteiger charge is -2.31. The molecule has 0 radical (unpaired) electrons. The number of aromatic nitrogens is 4. The van der Waals surface area contributed by atoms with Gasteiger partial charge in [0.2, 0.25) is 0 Å². The van der Waals surface area contributed by atoms with Gasteiger partial charge in [-0.05, 0) is 31.6 Å². The smallest absolute Gasteiger partial charge is 0.410 e. The molecule has 14 heteroatoms. The second-order valence-corrected chi connectivity index (χ2v) is 10.6. The fraction of sp³-hybridized carbons (Fsp3) is 0.708. The minimum atomic E-state index is -1.40. The number of aliphatic hydroxyl groups excluding tert-OH is 2. The van der Waals surface area contributed by atoms with Crippen LogP contribution in [0.2, 0.25) is 0 Å². The second-order valence-electron chi connectivity index (χ2n) is 10.6. The summed E-state index contributed by atoms with van der Waals surface area (Å²) in [7, 11) is 0. The van der Waals surface area contributed by atoms with Crippen molar-refractivity contribution in [2.45, 2.75) is 75.2 Å². The van der Waals surface area contributed by atoms with Crippen molar-refractivity contribution < 1.29 is 34.0 Å². The number of amides is 2. The molecule has 1 saturated carbocycles. The van der Waals surface area contributed by atoms with Crippen LogP contribution in [0.3, 0.4) is 0 Å². The summed E-state index contributed by atoms with van der Waals surface area (Å²) in [6.45, 7) is 2.24. The van der Waals surface area contributed by atoms with Crippen molar-refractivity contribution in [1.82, 2.24) is 29.7 Å². The molecule has 0 bridgehead atoms. The fourth-order valence-corrected chi connectivity index (χ4v) is 5.28. The first-order valence-electron chi connectivity index (χ1n) is 13.2. The number of fused-ring (bicyclic) bond motifs is 1. The van der Waals surface area contributed by atoms with Crippen LogP contribution in [0, 0.1) is 5.92 Å². The number of likely N-dealkylation sites (tertiary alicyclic amines) is 1. The Morgan fingerprint density at radius 2 is 1.92 bits per heavy atom. The Bertz CT molecular complexity index is 1190. The van der Waals surface area contributed by atoms with E-state index in [4.69, 9.17) is 19.9 Å². The van der Waals surface area contributed by atoms with Crippen LogP contribution in [0.25, 0.3) is 11.2 Å². The minimum absolute atomic E-state index is 0.0954. The number of nitrogen functional groups attached to an aromatic ring is 1. The van der Waals surface area contributed by atoms with E-state index in [9.17, 15) is 19.8 Å². The van der Waals surface area contributed by atoms with Crippen molar-refractivity contribution in [2.75, 3.05) is 32.0 Å². The van der Waals surface area contributed by atoms with Crippen LogP contribution >= 0.6 is 0 Å². The zero-order chi connectivity index (χ0) is 26.4. The fourth-order valence-electron chi connectivity index (χ4n) is 5.28. The van der Waals surface area contributed by atoms with Gasteiger partial charge in [-0.2, -0.15) is 0 Å². The maximum absolute atomic E-state index is 12.5. The first-order valence-corrected chi connectivity index (χ1v) is 13.2. The van der Waals surface area contributed by atoms with Crippen molar-refractivity contribution in [3.8, 4) is 0 Å². The van der Waals surface area contributed by atoms with E-state index in [1.165, 1.54) is 10.9 Å². The molecule has 0 aromatic carbocycles. The van der Waals surface area contributed by atoms with Crippen LogP contribution in [-0.4, -0.2) is 103 Å². The van der Waals surface area contributed by atoms with E-state index in [1.807, 2.05) is 0 Å². The number of imidazole rings is 1. The molecule has 38 heavy (non-hydrogen) atoms. The number of rotatable bonds is 6. The van der Waals surface area contributed by atoms with Crippen molar-refractivity contribution >= 4 is 29.0 Å². The third-order valence-corrected chi connectivity index (χ3v) is 7.69. The van der Waals surface area contributed by atoms with Gasteiger partial charge in [-0.25, -0.2) is 19.7 Å². The van der Waals surface area contributed by atoms with E-state index in [0.29, 0.717) is 49.7 Å². The number of piperidine rings is 1. The van der Waals surface area contributed by atoms with Crippen molar-refractivity contribution in [1.29, 1.82) is 0 Å². The highest BCUT2D eigenvalue weighted by molar-refractivity contribution is 5.83. The van der Waals surface area contributed by atoms with E-state index < -0.39 is 30.4 Å². The van der Waals surface area contributed by atoms with E-state index >= 15 is 0 Å². The van der Waals surface area contributed by atoms with E-state index in [2.05, 4.69) is 20.3 Å². The van der Waals surface area contributed by atoms with E-state index in [1.54, 1.807) is 4.90 Å². The summed E-state index contributed by atoms with van der Waals surface area (Å²) in [5.41, 5.74) is 6.89. The normalized spacial score (nSPS) is 30.2. The van der Waals surface area contributed by atoms with Gasteiger partial charge in [-0.3, -0.25) is 9.36 Å². The summed E-state index contributed by atoms with van der Waals surface area (Å²) in [4.78, 5) is 40.0. The number of carbonyl (C=O) groups excluding carboxylic acids is 2. The quantitative estimate of drug-likeness (QED) is 0.376. The van der Waals surface area contributed by atoms with Gasteiger partial charge in [0.1, 0.15) is 29.7 Å². The SMILES string of the molecule is Nc1nc(CC2CCN(C(=O)OC3CCOC3)CC2)nc2c1ncn2[C@@H]1O[C@H](C(=O)NC2CC2)C(O)C1O. The number of nitrogens with zero attached hydrogens (tertiary/aromatic N) is 5. The predicted octanol–water partition coefficient (Wildman–Crippen LogP) is -0.514. The molecule has 206 valence electrons. The molecule has 3 unspecified atom stereocenters. The number of nitrogens with one attached hydrogen (secondary N) is 1. The minimum Gasteiger partial charge on any atom is -0.444 e. The Labute approximate surface area is 218 Å². The van der Waals surface area contributed by atoms with Gasteiger partial charge in [0, 0.05) is 32.0 Å². The van der Waals surface area contributed by atoms with E-state index in [0.717, 1.165) is 32.1 Å². The zero-order valence-corrected chi connectivity index (χ0v) is 20.9. The molecule has 2 amide bonds. The topological polar surface area (TPSA) is 187 Å². The first kappa shape index (κ1) is 25.2. The molecule has 5 heterocycles. The molecule has 2 aromatic heterocycles. The molecule has 5 atom stereocenters. The number of hydrogen-bond acceptors (Lipinski definition) is 11. The van der Waals surface area contributed by atoms with Gasteiger partial charge < -0.3 is 40.4 Å². The lowest BCUT2D eigenvalue weighted by atomic mass is 9.93. The number of aliphatic hydroxyl groups is 2. The number of hydrogen-bond donors (Lipinski definition) is 4. The molecule has 6 rings (SSSR count). The Morgan fingerprint density at radius 3 is 2.63 bits per heavy atom. The molecule has 4 aliphatic rings. The molecule has 2 aromatic rings. The highest BCUT2D eigenvalue weighted by Gasteiger charge is 2.48. The van der Waals surface area contributed by atoms with Gasteiger partial charge >= 0.3 is 6.09 Å². The van der Waals surface area contributed by atoms with Gasteiger partial charge in [-0.1, -0.05) is 0 Å². The molecule has 4 fully saturated rings. The molecule has 3 saturated heterocycles. The largest absolute Gasteiger partial charge is 0.444 e. The summed E-state index contributed by atoms with van der Waals surface area (Å²) in [5.74, 6) is 0.497. The van der Waals surface area contributed by atoms with E-state index in [-0.39, 0.29) is 30.0 Å². The lowest BCUT2D eigenvalue weighted by Crippen LogP contribution is -2.43. The molecule has 14 nitrogen and oxygen atoms in total. The summed E-state index contributed by atoms with van der Waals surface area (Å²) in [6, 6.07) is 0.0954. The Hall–Kier alpha value is -3.07. The lowest BCUT2D eigenvalue weighted by molar-refractivity contribution is -0.137. The van der Waals surface area contributed by atoms with Crippen LogP contribution in [-0.2, 0) is 25.4 Å². The summed E-state index contributed by atoms with van der Waals surface area (Å²) in [6.07, 6.45) is 0.535. The third-order valence-electron chi connectivity index (χ3n) is 7.69. The molecule has 3 aliphatic heterocycles.